The average Bonchev–Trinajstić information content (AvgIpc) is 3.80. The standard InChI is InChI=1S/C28H47N3O20/c1-7(36)29-13-16(40)20(11(5-34)47-24(13)50-21-12(6-35)48-27-28(31-27,23(21)44)30-8(2)37)49-26-19(43)22(15(39)10(4-33)46-26)51-25-18(42)17(41)14(38)9(3-32)45-25/h9-27,31-35,38-44H,3-6H2,1-2H3,(H,29,36)(H,30,37)/t9-,10-,11-,12-,13-,14-,15-,16-,17+,18+,19+,20-,21-,22+,23+,24+,25+,26+,27+,28+/m1/s1. The molecule has 0 saturated carbocycles. The second-order valence-corrected chi connectivity index (χ2v) is 13.0. The Kier molecular flexibility index (Phi) is 12.9. The van der Waals surface area contributed by atoms with Gasteiger partial charge >= 0.3 is 0 Å². The van der Waals surface area contributed by atoms with Gasteiger partial charge in [-0.25, -0.2) is 0 Å². The zero-order valence-corrected chi connectivity index (χ0v) is 27.4. The lowest BCUT2D eigenvalue weighted by Gasteiger charge is -2.49. The van der Waals surface area contributed by atoms with Gasteiger partial charge in [-0.2, -0.15) is 0 Å². The molecule has 5 fully saturated rings. The van der Waals surface area contributed by atoms with Gasteiger partial charge in [0.25, 0.3) is 0 Å². The van der Waals surface area contributed by atoms with Crippen LogP contribution < -0.4 is 16.0 Å². The largest absolute Gasteiger partial charge is 0.394 e. The minimum Gasteiger partial charge on any atom is -0.394 e. The Morgan fingerprint density at radius 1 is 0.588 bits per heavy atom. The van der Waals surface area contributed by atoms with Gasteiger partial charge < -0.3 is 100.0 Å². The lowest BCUT2D eigenvalue weighted by atomic mass is 9.94. The Morgan fingerprint density at radius 2 is 1.10 bits per heavy atom. The molecule has 0 aromatic heterocycles. The predicted octanol–water partition coefficient (Wildman–Crippen LogP) is -9.52. The highest BCUT2D eigenvalue weighted by Crippen LogP contribution is 2.40. The molecule has 51 heavy (non-hydrogen) atoms. The summed E-state index contributed by atoms with van der Waals surface area (Å²) in [6.45, 7) is -0.954. The van der Waals surface area contributed by atoms with Crippen LogP contribution >= 0.6 is 0 Å². The molecule has 294 valence electrons. The van der Waals surface area contributed by atoms with Crippen molar-refractivity contribution in [1.29, 1.82) is 0 Å². The molecule has 23 nitrogen and oxygen atoms in total. The molecule has 14 N–H and O–H groups in total. The predicted molar refractivity (Wildman–Crippen MR) is 157 cm³/mol. The minimum atomic E-state index is -2.02. The van der Waals surface area contributed by atoms with Crippen LogP contribution in [0, 0.1) is 0 Å². The van der Waals surface area contributed by atoms with Crippen molar-refractivity contribution in [2.24, 2.45) is 0 Å². The first-order valence-electron chi connectivity index (χ1n) is 16.2. The van der Waals surface area contributed by atoms with E-state index in [9.17, 15) is 65.8 Å². The van der Waals surface area contributed by atoms with Crippen LogP contribution in [0.3, 0.4) is 0 Å². The molecule has 5 saturated heterocycles. The lowest BCUT2D eigenvalue weighted by molar-refractivity contribution is -0.378. The first-order chi connectivity index (χ1) is 24.1. The number of carbonyl (C=O) groups is 2. The first kappa shape index (κ1) is 40.4. The number of carbonyl (C=O) groups excluding carboxylic acids is 2. The maximum absolute atomic E-state index is 12.3. The van der Waals surface area contributed by atoms with Gasteiger partial charge in [-0.1, -0.05) is 0 Å². The Balaban J connectivity index is 1.35. The molecule has 20 atom stereocenters. The number of nitrogens with one attached hydrogen (secondary N) is 3. The van der Waals surface area contributed by atoms with Crippen LogP contribution in [0.4, 0.5) is 0 Å². The third kappa shape index (κ3) is 7.88. The number of fused-ring (bicyclic) bond motifs is 1. The number of hydrogen-bond donors (Lipinski definition) is 14. The van der Waals surface area contributed by atoms with E-state index in [1.807, 2.05) is 0 Å². The second-order valence-electron chi connectivity index (χ2n) is 13.0. The number of ether oxygens (including phenoxy) is 7. The molecule has 0 aromatic rings. The van der Waals surface area contributed by atoms with Crippen LogP contribution in [0.15, 0.2) is 0 Å². The van der Waals surface area contributed by atoms with Gasteiger partial charge in [-0.3, -0.25) is 14.9 Å². The molecular weight excluding hydrogens is 698 g/mol. The van der Waals surface area contributed by atoms with Gasteiger partial charge in [0, 0.05) is 13.8 Å². The fourth-order valence-electron chi connectivity index (χ4n) is 6.76. The summed E-state index contributed by atoms with van der Waals surface area (Å²) in [5, 5.41) is 123. The van der Waals surface area contributed by atoms with E-state index in [0.29, 0.717) is 0 Å². The van der Waals surface area contributed by atoms with E-state index in [1.54, 1.807) is 0 Å². The van der Waals surface area contributed by atoms with Gasteiger partial charge in [0.1, 0.15) is 97.7 Å². The highest BCUT2D eigenvalue weighted by atomic mass is 16.8. The zero-order chi connectivity index (χ0) is 37.5. The normalized spacial score (nSPS) is 49.9. The summed E-state index contributed by atoms with van der Waals surface area (Å²) in [5.41, 5.74) is -1.49. The van der Waals surface area contributed by atoms with Crippen molar-refractivity contribution in [3.8, 4) is 0 Å². The van der Waals surface area contributed by atoms with Crippen LogP contribution in [0.5, 0.6) is 0 Å². The number of amides is 2. The summed E-state index contributed by atoms with van der Waals surface area (Å²) in [7, 11) is 0. The van der Waals surface area contributed by atoms with Gasteiger partial charge in [0.05, 0.1) is 26.4 Å². The Morgan fingerprint density at radius 3 is 1.67 bits per heavy atom. The summed E-state index contributed by atoms with van der Waals surface area (Å²) < 4.78 is 39.8. The molecule has 5 heterocycles. The molecule has 0 spiro atoms. The monoisotopic (exact) mass is 745 g/mol. The number of aliphatic hydroxyl groups is 11. The maximum Gasteiger partial charge on any atom is 0.218 e. The summed E-state index contributed by atoms with van der Waals surface area (Å²) in [4.78, 5) is 24.1. The smallest absolute Gasteiger partial charge is 0.218 e. The summed E-state index contributed by atoms with van der Waals surface area (Å²) in [6, 6.07) is -1.54. The van der Waals surface area contributed by atoms with Gasteiger partial charge in [-0.05, 0) is 0 Å². The Hall–Kier alpha value is -1.82. The average molecular weight is 746 g/mol. The van der Waals surface area contributed by atoms with Gasteiger partial charge in [0.15, 0.2) is 24.5 Å². The van der Waals surface area contributed by atoms with Crippen LogP contribution in [0.1, 0.15) is 13.8 Å². The van der Waals surface area contributed by atoms with Crippen LogP contribution in [-0.2, 0) is 42.7 Å². The van der Waals surface area contributed by atoms with Crippen molar-refractivity contribution in [2.75, 3.05) is 26.4 Å². The van der Waals surface area contributed by atoms with Gasteiger partial charge in [0.2, 0.25) is 11.8 Å². The van der Waals surface area contributed by atoms with E-state index >= 15 is 0 Å². The van der Waals surface area contributed by atoms with E-state index in [1.165, 1.54) is 6.92 Å². The molecule has 0 bridgehead atoms. The molecule has 23 heteroatoms. The van der Waals surface area contributed by atoms with E-state index in [-0.39, 0.29) is 0 Å². The van der Waals surface area contributed by atoms with Crippen LogP contribution in [0.25, 0.3) is 0 Å². The van der Waals surface area contributed by atoms with Crippen molar-refractivity contribution < 1.29 is 98.9 Å². The van der Waals surface area contributed by atoms with Crippen molar-refractivity contribution >= 4 is 11.8 Å². The third-order valence-corrected chi connectivity index (χ3v) is 9.49. The molecule has 5 aliphatic rings. The molecule has 5 rings (SSSR count). The van der Waals surface area contributed by atoms with E-state index in [4.69, 9.17) is 33.2 Å². The van der Waals surface area contributed by atoms with Gasteiger partial charge in [-0.15, -0.1) is 0 Å². The Labute approximate surface area is 289 Å². The first-order valence-corrected chi connectivity index (χ1v) is 16.2. The summed E-state index contributed by atoms with van der Waals surface area (Å²) >= 11 is 0. The molecule has 2 amide bonds. The van der Waals surface area contributed by atoms with Crippen LogP contribution in [-0.4, -0.2) is 217 Å². The highest BCUT2D eigenvalue weighted by molar-refractivity contribution is 5.74. The SMILES string of the molecule is CC(=O)N[C@H]1[C@H](O[C@@H]2[C@@H](CO)O[C@@H]3N[C@@]3(NC(C)=O)[C@H]2O)O[C@H](CO)[C@@H](O[C@@H]2O[C@H](CO)[C@@H](O)[C@H](O[C@@H]3O[C@H](CO)[C@@H](O)[C@H](O)[C@@H]3O)[C@@H]2O)[C@@H]1O. The molecule has 0 radical (unpaired) electrons. The summed E-state index contributed by atoms with van der Waals surface area (Å²) in [6.07, 6.45) is -29.7. The molecular formula is C28H47N3O20. The molecule has 5 aliphatic heterocycles. The quantitative estimate of drug-likeness (QED) is 0.0824. The number of aliphatic hydroxyl groups excluding tert-OH is 11. The summed E-state index contributed by atoms with van der Waals surface area (Å²) in [5.74, 6) is -1.24. The van der Waals surface area contributed by atoms with E-state index < -0.39 is 161 Å². The zero-order valence-electron chi connectivity index (χ0n) is 27.4. The van der Waals surface area contributed by atoms with Crippen LogP contribution in [0.2, 0.25) is 0 Å². The number of hydrogen-bond acceptors (Lipinski definition) is 21. The molecule has 0 unspecified atom stereocenters. The van der Waals surface area contributed by atoms with Crippen molar-refractivity contribution in [3.05, 3.63) is 0 Å². The van der Waals surface area contributed by atoms with Crippen molar-refractivity contribution in [3.63, 3.8) is 0 Å². The molecule has 0 aliphatic carbocycles. The third-order valence-electron chi connectivity index (χ3n) is 9.49. The van der Waals surface area contributed by atoms with Crippen molar-refractivity contribution in [2.45, 2.75) is 136 Å². The Bertz CT molecular complexity index is 1210. The number of rotatable bonds is 12. The van der Waals surface area contributed by atoms with Crippen molar-refractivity contribution in [1.82, 2.24) is 16.0 Å². The minimum absolute atomic E-state index is 0.529. The molecule has 0 aromatic carbocycles. The van der Waals surface area contributed by atoms with E-state index in [0.717, 1.165) is 6.92 Å². The van der Waals surface area contributed by atoms with E-state index in [2.05, 4.69) is 16.0 Å². The fourth-order valence-corrected chi connectivity index (χ4v) is 6.76. The maximum atomic E-state index is 12.3. The highest BCUT2D eigenvalue weighted by Gasteiger charge is 2.69. The topological polar surface area (TPSA) is 367 Å². The fraction of sp³-hybridized carbons (Fsp3) is 0.929. The second kappa shape index (κ2) is 16.3. The lowest BCUT2D eigenvalue weighted by Crippen LogP contribution is -2.70.